The van der Waals surface area contributed by atoms with Gasteiger partial charge < -0.3 is 16.0 Å². The molecule has 0 unspecified atom stereocenters. The van der Waals surface area contributed by atoms with Gasteiger partial charge in [0, 0.05) is 40.5 Å². The molecule has 1 atom stereocenters. The van der Waals surface area contributed by atoms with Crippen LogP contribution in [0, 0.1) is 13.8 Å². The van der Waals surface area contributed by atoms with E-state index >= 15 is 0 Å². The van der Waals surface area contributed by atoms with Crippen LogP contribution in [0.1, 0.15) is 32.6 Å². The highest BCUT2D eigenvalue weighted by molar-refractivity contribution is 7.11. The number of hydrogen-bond donors (Lipinski definition) is 3. The van der Waals surface area contributed by atoms with Crippen molar-refractivity contribution in [2.24, 2.45) is 0 Å². The molecule has 5 nitrogen and oxygen atoms in total. The van der Waals surface area contributed by atoms with Gasteiger partial charge in [0.05, 0.1) is 0 Å². The summed E-state index contributed by atoms with van der Waals surface area (Å²) in [4.78, 5) is 26.5. The lowest BCUT2D eigenvalue weighted by Gasteiger charge is -2.16. The molecular formula is C18H23N3O2S. The van der Waals surface area contributed by atoms with Gasteiger partial charge in [-0.25, -0.2) is 4.79 Å². The van der Waals surface area contributed by atoms with Crippen molar-refractivity contribution in [3.8, 4) is 0 Å². The van der Waals surface area contributed by atoms with Crippen LogP contribution in [-0.4, -0.2) is 25.0 Å². The standard InChI is InChI=1S/C18H23N3O2S/c1-11(10-14-9-8-12(2)24-14)20-18(23)21-16-7-5-6-15(13(16)3)17(22)19-4/h5-9,11H,10H2,1-4H3,(H,19,22)(H2,20,21,23)/t11-/m0/s1. The predicted molar refractivity (Wildman–Crippen MR) is 98.9 cm³/mol. The van der Waals surface area contributed by atoms with Crippen molar-refractivity contribution in [3.63, 3.8) is 0 Å². The minimum Gasteiger partial charge on any atom is -0.355 e. The Labute approximate surface area is 146 Å². The fourth-order valence-corrected chi connectivity index (χ4v) is 3.50. The van der Waals surface area contributed by atoms with Crippen molar-refractivity contribution in [2.45, 2.75) is 33.2 Å². The molecule has 0 aliphatic rings. The van der Waals surface area contributed by atoms with Gasteiger partial charge in [0.25, 0.3) is 5.91 Å². The molecular weight excluding hydrogens is 322 g/mol. The number of hydrogen-bond acceptors (Lipinski definition) is 3. The molecule has 3 N–H and O–H groups in total. The van der Waals surface area contributed by atoms with Crippen LogP contribution in [0.5, 0.6) is 0 Å². The fraction of sp³-hybridized carbons (Fsp3) is 0.333. The molecule has 2 rings (SSSR count). The maximum absolute atomic E-state index is 12.2. The van der Waals surface area contributed by atoms with E-state index in [1.54, 1.807) is 36.6 Å². The van der Waals surface area contributed by atoms with Crippen molar-refractivity contribution in [1.29, 1.82) is 0 Å². The Kier molecular flexibility index (Phi) is 5.98. The van der Waals surface area contributed by atoms with Gasteiger partial charge in [0.2, 0.25) is 0 Å². The number of urea groups is 1. The van der Waals surface area contributed by atoms with E-state index in [4.69, 9.17) is 0 Å². The third kappa shape index (κ3) is 4.58. The SMILES string of the molecule is CNC(=O)c1cccc(NC(=O)N[C@@H](C)Cc2ccc(C)s2)c1C. The summed E-state index contributed by atoms with van der Waals surface area (Å²) in [5, 5.41) is 8.35. The van der Waals surface area contributed by atoms with E-state index in [-0.39, 0.29) is 18.0 Å². The molecule has 0 saturated heterocycles. The minimum absolute atomic E-state index is 0.0190. The Hall–Kier alpha value is -2.34. The highest BCUT2D eigenvalue weighted by Gasteiger charge is 2.13. The molecule has 0 bridgehead atoms. The van der Waals surface area contributed by atoms with E-state index in [0.717, 1.165) is 12.0 Å². The van der Waals surface area contributed by atoms with E-state index < -0.39 is 0 Å². The molecule has 3 amide bonds. The number of carbonyl (C=O) groups excluding carboxylic acids is 2. The summed E-state index contributed by atoms with van der Waals surface area (Å²) in [5.74, 6) is -0.169. The van der Waals surface area contributed by atoms with Crippen LogP contribution < -0.4 is 16.0 Å². The maximum atomic E-state index is 12.2. The first-order chi connectivity index (χ1) is 11.4. The average molecular weight is 345 g/mol. The topological polar surface area (TPSA) is 70.2 Å². The molecule has 2 aromatic rings. The summed E-state index contributed by atoms with van der Waals surface area (Å²) in [6, 6.07) is 9.20. The van der Waals surface area contributed by atoms with Crippen LogP contribution in [0.25, 0.3) is 0 Å². The predicted octanol–water partition coefficient (Wildman–Crippen LogP) is 3.48. The Morgan fingerprint density at radius 1 is 1.17 bits per heavy atom. The summed E-state index contributed by atoms with van der Waals surface area (Å²) in [5.41, 5.74) is 1.93. The average Bonchev–Trinajstić information content (AvgIpc) is 2.93. The zero-order valence-electron chi connectivity index (χ0n) is 14.4. The Balaban J connectivity index is 1.98. The van der Waals surface area contributed by atoms with Crippen LogP contribution in [0.4, 0.5) is 10.5 Å². The van der Waals surface area contributed by atoms with Crippen molar-refractivity contribution < 1.29 is 9.59 Å². The summed E-state index contributed by atoms with van der Waals surface area (Å²) in [6.45, 7) is 5.86. The number of nitrogens with one attached hydrogen (secondary N) is 3. The molecule has 0 spiro atoms. The van der Waals surface area contributed by atoms with Gasteiger partial charge in [0.1, 0.15) is 0 Å². The van der Waals surface area contributed by atoms with E-state index in [0.29, 0.717) is 11.3 Å². The van der Waals surface area contributed by atoms with E-state index in [9.17, 15) is 9.59 Å². The molecule has 0 aliphatic carbocycles. The van der Waals surface area contributed by atoms with Gasteiger partial charge in [-0.05, 0) is 50.6 Å². The van der Waals surface area contributed by atoms with Gasteiger partial charge in [-0.1, -0.05) is 6.07 Å². The van der Waals surface area contributed by atoms with Crippen LogP contribution in [-0.2, 0) is 6.42 Å². The number of carbonyl (C=O) groups is 2. The lowest BCUT2D eigenvalue weighted by atomic mass is 10.1. The number of amides is 3. The molecule has 0 fully saturated rings. The van der Waals surface area contributed by atoms with Crippen LogP contribution in [0.3, 0.4) is 0 Å². The smallest absolute Gasteiger partial charge is 0.319 e. The molecule has 0 aliphatic heterocycles. The number of thiophene rings is 1. The molecule has 6 heteroatoms. The summed E-state index contributed by atoms with van der Waals surface area (Å²) < 4.78 is 0. The van der Waals surface area contributed by atoms with Crippen LogP contribution in [0.15, 0.2) is 30.3 Å². The summed E-state index contributed by atoms with van der Waals surface area (Å²) in [6.07, 6.45) is 0.795. The van der Waals surface area contributed by atoms with Gasteiger partial charge in [-0.15, -0.1) is 11.3 Å². The third-order valence-electron chi connectivity index (χ3n) is 3.73. The molecule has 1 heterocycles. The first-order valence-electron chi connectivity index (χ1n) is 7.85. The van der Waals surface area contributed by atoms with Crippen molar-refractivity contribution in [2.75, 3.05) is 12.4 Å². The van der Waals surface area contributed by atoms with Crippen molar-refractivity contribution in [3.05, 3.63) is 51.2 Å². The second-order valence-electron chi connectivity index (χ2n) is 5.77. The Morgan fingerprint density at radius 3 is 2.54 bits per heavy atom. The van der Waals surface area contributed by atoms with Crippen molar-refractivity contribution >= 4 is 29.0 Å². The normalized spacial score (nSPS) is 11.7. The third-order valence-corrected chi connectivity index (χ3v) is 4.76. The second-order valence-corrected chi connectivity index (χ2v) is 7.15. The second kappa shape index (κ2) is 7.97. The lowest BCUT2D eigenvalue weighted by molar-refractivity contribution is 0.0962. The number of benzene rings is 1. The zero-order valence-corrected chi connectivity index (χ0v) is 15.2. The highest BCUT2D eigenvalue weighted by Crippen LogP contribution is 2.19. The van der Waals surface area contributed by atoms with Gasteiger partial charge >= 0.3 is 6.03 Å². The quantitative estimate of drug-likeness (QED) is 0.776. The number of rotatable bonds is 5. The maximum Gasteiger partial charge on any atom is 0.319 e. The van der Waals surface area contributed by atoms with Gasteiger partial charge in [-0.2, -0.15) is 0 Å². The fourth-order valence-electron chi connectivity index (χ4n) is 2.48. The Morgan fingerprint density at radius 2 is 1.92 bits per heavy atom. The molecule has 0 radical (unpaired) electrons. The first kappa shape index (κ1) is 18.0. The Bertz CT molecular complexity index is 740. The molecule has 1 aromatic heterocycles. The summed E-state index contributed by atoms with van der Waals surface area (Å²) >= 11 is 1.74. The van der Waals surface area contributed by atoms with E-state index in [1.165, 1.54) is 9.75 Å². The molecule has 24 heavy (non-hydrogen) atoms. The van der Waals surface area contributed by atoms with E-state index in [2.05, 4.69) is 35.0 Å². The van der Waals surface area contributed by atoms with Crippen molar-refractivity contribution in [1.82, 2.24) is 10.6 Å². The summed E-state index contributed by atoms with van der Waals surface area (Å²) in [7, 11) is 1.59. The van der Waals surface area contributed by atoms with Crippen LogP contribution >= 0.6 is 11.3 Å². The van der Waals surface area contributed by atoms with Crippen LogP contribution in [0.2, 0.25) is 0 Å². The highest BCUT2D eigenvalue weighted by atomic mass is 32.1. The van der Waals surface area contributed by atoms with Gasteiger partial charge in [0.15, 0.2) is 0 Å². The molecule has 0 saturated carbocycles. The van der Waals surface area contributed by atoms with E-state index in [1.807, 2.05) is 13.8 Å². The lowest BCUT2D eigenvalue weighted by Crippen LogP contribution is -2.37. The zero-order chi connectivity index (χ0) is 17.7. The monoisotopic (exact) mass is 345 g/mol. The minimum atomic E-state index is -0.270. The number of aryl methyl sites for hydroxylation is 1. The number of anilines is 1. The first-order valence-corrected chi connectivity index (χ1v) is 8.67. The molecule has 128 valence electrons. The molecule has 1 aromatic carbocycles. The largest absolute Gasteiger partial charge is 0.355 e. The van der Waals surface area contributed by atoms with Gasteiger partial charge in [-0.3, -0.25) is 4.79 Å².